The van der Waals surface area contributed by atoms with Crippen LogP contribution in [0.2, 0.25) is 0 Å². The van der Waals surface area contributed by atoms with E-state index in [4.69, 9.17) is 0 Å². The maximum absolute atomic E-state index is 4.33. The zero-order valence-corrected chi connectivity index (χ0v) is 9.51. The third-order valence-electron chi connectivity index (χ3n) is 2.48. The average molecular weight is 217 g/mol. The molecule has 0 aliphatic rings. The second-order valence-electron chi connectivity index (χ2n) is 3.41. The van der Waals surface area contributed by atoms with Gasteiger partial charge in [0.15, 0.2) is 0 Å². The first-order valence-corrected chi connectivity index (χ1v) is 5.32. The fourth-order valence-electron chi connectivity index (χ4n) is 1.65. The van der Waals surface area contributed by atoms with Gasteiger partial charge in [-0.15, -0.1) is 0 Å². The molecule has 0 saturated carbocycles. The number of nitrogens with zero attached hydrogens (tertiary/aromatic N) is 4. The minimum Gasteiger partial charge on any atom is -0.372 e. The molecule has 5 heteroatoms. The molecule has 2 aromatic rings. The molecule has 0 saturated heterocycles. The van der Waals surface area contributed by atoms with Crippen molar-refractivity contribution in [2.75, 3.05) is 12.4 Å². The summed E-state index contributed by atoms with van der Waals surface area (Å²) >= 11 is 0. The number of aromatic nitrogens is 4. The number of hydrogen-bond donors (Lipinski definition) is 1. The lowest BCUT2D eigenvalue weighted by atomic mass is 10.3. The summed E-state index contributed by atoms with van der Waals surface area (Å²) in [6, 6.07) is 0. The Kier molecular flexibility index (Phi) is 3.14. The van der Waals surface area contributed by atoms with Crippen LogP contribution < -0.4 is 5.32 Å². The molecule has 84 valence electrons. The van der Waals surface area contributed by atoms with E-state index in [0.717, 1.165) is 23.9 Å². The lowest BCUT2D eigenvalue weighted by Crippen LogP contribution is -2.06. The summed E-state index contributed by atoms with van der Waals surface area (Å²) in [6.45, 7) is 3.02. The van der Waals surface area contributed by atoms with Crippen LogP contribution in [0.25, 0.3) is 0 Å². The fraction of sp³-hybridized carbons (Fsp3) is 0.364. The van der Waals surface area contributed by atoms with Crippen molar-refractivity contribution in [2.45, 2.75) is 19.9 Å². The zero-order chi connectivity index (χ0) is 11.4. The molecular formula is C11H15N5. The van der Waals surface area contributed by atoms with Gasteiger partial charge in [-0.3, -0.25) is 4.98 Å². The van der Waals surface area contributed by atoms with Crippen molar-refractivity contribution < 1.29 is 0 Å². The van der Waals surface area contributed by atoms with Gasteiger partial charge in [-0.05, 0) is 6.92 Å². The first kappa shape index (κ1) is 10.6. The number of aryl methyl sites for hydroxylation is 1. The molecule has 2 rings (SSSR count). The third kappa shape index (κ3) is 2.03. The van der Waals surface area contributed by atoms with E-state index in [0.29, 0.717) is 6.42 Å². The Bertz CT molecular complexity index is 463. The predicted molar refractivity (Wildman–Crippen MR) is 62.3 cm³/mol. The highest BCUT2D eigenvalue weighted by Crippen LogP contribution is 2.12. The van der Waals surface area contributed by atoms with E-state index in [9.17, 15) is 0 Å². The SMILES string of the molecule is CCn1ccnc1Cc1nccnc1NC. The summed E-state index contributed by atoms with van der Waals surface area (Å²) in [5.74, 6) is 1.83. The first-order valence-electron chi connectivity index (χ1n) is 5.32. The molecular weight excluding hydrogens is 202 g/mol. The van der Waals surface area contributed by atoms with Crippen molar-refractivity contribution >= 4 is 5.82 Å². The molecule has 0 atom stereocenters. The predicted octanol–water partition coefficient (Wildman–Crippen LogP) is 1.33. The number of rotatable bonds is 4. The third-order valence-corrected chi connectivity index (χ3v) is 2.48. The van der Waals surface area contributed by atoms with Crippen molar-refractivity contribution in [3.8, 4) is 0 Å². The molecule has 0 spiro atoms. The van der Waals surface area contributed by atoms with Gasteiger partial charge < -0.3 is 9.88 Å². The summed E-state index contributed by atoms with van der Waals surface area (Å²) in [4.78, 5) is 12.9. The van der Waals surface area contributed by atoms with Crippen molar-refractivity contribution in [3.05, 3.63) is 36.3 Å². The molecule has 0 amide bonds. The number of imidazole rings is 1. The summed E-state index contributed by atoms with van der Waals surface area (Å²) in [6.07, 6.45) is 7.88. The first-order chi connectivity index (χ1) is 7.85. The molecule has 0 unspecified atom stereocenters. The van der Waals surface area contributed by atoms with Crippen molar-refractivity contribution in [3.63, 3.8) is 0 Å². The number of nitrogens with one attached hydrogen (secondary N) is 1. The van der Waals surface area contributed by atoms with Crippen LogP contribution in [0.4, 0.5) is 5.82 Å². The minimum atomic E-state index is 0.699. The maximum Gasteiger partial charge on any atom is 0.147 e. The number of hydrogen-bond acceptors (Lipinski definition) is 4. The molecule has 0 aromatic carbocycles. The lowest BCUT2D eigenvalue weighted by molar-refractivity contribution is 0.708. The van der Waals surface area contributed by atoms with E-state index in [2.05, 4.69) is 31.8 Å². The molecule has 0 fully saturated rings. The smallest absolute Gasteiger partial charge is 0.147 e. The van der Waals surface area contributed by atoms with E-state index in [-0.39, 0.29) is 0 Å². The van der Waals surface area contributed by atoms with Gasteiger partial charge in [-0.1, -0.05) is 0 Å². The Morgan fingerprint density at radius 1 is 1.19 bits per heavy atom. The van der Waals surface area contributed by atoms with E-state index >= 15 is 0 Å². The van der Waals surface area contributed by atoms with Crippen molar-refractivity contribution in [2.24, 2.45) is 0 Å². The summed E-state index contributed by atoms with van der Waals surface area (Å²) < 4.78 is 2.11. The molecule has 2 aromatic heterocycles. The van der Waals surface area contributed by atoms with Crippen molar-refractivity contribution in [1.29, 1.82) is 0 Å². The molecule has 1 N–H and O–H groups in total. The van der Waals surface area contributed by atoms with Crippen LogP contribution in [0.15, 0.2) is 24.8 Å². The topological polar surface area (TPSA) is 55.6 Å². The number of anilines is 1. The Morgan fingerprint density at radius 3 is 2.75 bits per heavy atom. The quantitative estimate of drug-likeness (QED) is 0.839. The molecule has 5 nitrogen and oxygen atoms in total. The molecule has 2 heterocycles. The highest BCUT2D eigenvalue weighted by molar-refractivity contribution is 5.39. The second kappa shape index (κ2) is 4.74. The van der Waals surface area contributed by atoms with Crippen LogP contribution in [0.1, 0.15) is 18.4 Å². The van der Waals surface area contributed by atoms with Crippen LogP contribution >= 0.6 is 0 Å². The average Bonchev–Trinajstić information content (AvgIpc) is 2.77. The largest absolute Gasteiger partial charge is 0.372 e. The van der Waals surface area contributed by atoms with Crippen molar-refractivity contribution in [1.82, 2.24) is 19.5 Å². The van der Waals surface area contributed by atoms with Gasteiger partial charge in [0.25, 0.3) is 0 Å². The van der Waals surface area contributed by atoms with Crippen LogP contribution in [-0.4, -0.2) is 26.6 Å². The molecule has 0 radical (unpaired) electrons. The van der Waals surface area contributed by atoms with Gasteiger partial charge >= 0.3 is 0 Å². The van der Waals surface area contributed by atoms with Gasteiger partial charge in [-0.2, -0.15) is 0 Å². The normalized spacial score (nSPS) is 10.4. The second-order valence-corrected chi connectivity index (χ2v) is 3.41. The molecule has 0 aliphatic carbocycles. The Morgan fingerprint density at radius 2 is 2.00 bits per heavy atom. The summed E-state index contributed by atoms with van der Waals surface area (Å²) in [5.41, 5.74) is 0.922. The van der Waals surface area contributed by atoms with E-state index in [1.807, 2.05) is 19.4 Å². The molecule has 0 bridgehead atoms. The zero-order valence-electron chi connectivity index (χ0n) is 9.51. The summed E-state index contributed by atoms with van der Waals surface area (Å²) in [7, 11) is 1.85. The van der Waals surface area contributed by atoms with Gasteiger partial charge in [0.2, 0.25) is 0 Å². The molecule has 16 heavy (non-hydrogen) atoms. The summed E-state index contributed by atoms with van der Waals surface area (Å²) in [5, 5.41) is 3.03. The highest BCUT2D eigenvalue weighted by atomic mass is 15.1. The van der Waals surface area contributed by atoms with Crippen LogP contribution in [-0.2, 0) is 13.0 Å². The maximum atomic E-state index is 4.33. The van der Waals surface area contributed by atoms with Gasteiger partial charge in [0, 0.05) is 38.4 Å². The lowest BCUT2D eigenvalue weighted by Gasteiger charge is -2.07. The van der Waals surface area contributed by atoms with Crippen LogP contribution in [0.3, 0.4) is 0 Å². The minimum absolute atomic E-state index is 0.699. The van der Waals surface area contributed by atoms with Gasteiger partial charge in [-0.25, -0.2) is 9.97 Å². The van der Waals surface area contributed by atoms with E-state index in [1.165, 1.54) is 0 Å². The van der Waals surface area contributed by atoms with Gasteiger partial charge in [0.05, 0.1) is 12.1 Å². The fourth-order valence-corrected chi connectivity index (χ4v) is 1.65. The van der Waals surface area contributed by atoms with Crippen LogP contribution in [0.5, 0.6) is 0 Å². The van der Waals surface area contributed by atoms with E-state index in [1.54, 1.807) is 12.4 Å². The standard InChI is InChI=1S/C11H15N5/c1-3-16-7-6-14-10(16)8-9-11(12-2)15-5-4-13-9/h4-7H,3,8H2,1-2H3,(H,12,15). The highest BCUT2D eigenvalue weighted by Gasteiger charge is 2.08. The van der Waals surface area contributed by atoms with Crippen LogP contribution in [0, 0.1) is 0 Å². The van der Waals surface area contributed by atoms with E-state index < -0.39 is 0 Å². The Labute approximate surface area is 94.6 Å². The molecule has 0 aliphatic heterocycles. The Balaban J connectivity index is 2.26. The Hall–Kier alpha value is -1.91. The monoisotopic (exact) mass is 217 g/mol. The van der Waals surface area contributed by atoms with Gasteiger partial charge in [0.1, 0.15) is 11.6 Å².